The van der Waals surface area contributed by atoms with Gasteiger partial charge in [0, 0.05) is 5.92 Å². The Morgan fingerprint density at radius 2 is 1.48 bits per heavy atom. The van der Waals surface area contributed by atoms with Crippen LogP contribution in [0.5, 0.6) is 0 Å². The van der Waals surface area contributed by atoms with E-state index in [0.717, 1.165) is 16.7 Å². The molecule has 0 unspecified atom stereocenters. The highest BCUT2D eigenvalue weighted by Gasteiger charge is 2.70. The van der Waals surface area contributed by atoms with Gasteiger partial charge in [-0.3, -0.25) is 0 Å². The van der Waals surface area contributed by atoms with Gasteiger partial charge in [-0.25, -0.2) is 8.42 Å². The maximum Gasteiger partial charge on any atom is 0.184 e. The van der Waals surface area contributed by atoms with Crippen molar-refractivity contribution < 1.29 is 8.42 Å². The molecule has 2 aromatic rings. The second-order valence-electron chi connectivity index (χ2n) is 6.21. The molecule has 5 heteroatoms. The summed E-state index contributed by atoms with van der Waals surface area (Å²) in [7, 11) is -3.66. The second-order valence-corrected chi connectivity index (χ2v) is 8.28. The number of nitriles is 1. The van der Waals surface area contributed by atoms with Crippen LogP contribution in [0.4, 0.5) is 0 Å². The number of hydrogen-bond donors (Lipinski definition) is 1. The van der Waals surface area contributed by atoms with Crippen LogP contribution in [0.15, 0.2) is 53.4 Å². The third-order valence-electron chi connectivity index (χ3n) is 4.49. The van der Waals surface area contributed by atoms with Gasteiger partial charge in [0.2, 0.25) is 0 Å². The first-order valence-electron chi connectivity index (χ1n) is 7.38. The highest BCUT2D eigenvalue weighted by Crippen LogP contribution is 2.55. The molecule has 0 bridgehead atoms. The highest BCUT2D eigenvalue weighted by atomic mass is 32.2. The molecule has 1 saturated carbocycles. The molecular weight excluding hydrogens is 308 g/mol. The molecule has 0 aliphatic heterocycles. The number of sulfone groups is 1. The molecule has 0 amide bonds. The van der Waals surface area contributed by atoms with Crippen molar-refractivity contribution in [3.8, 4) is 6.07 Å². The van der Waals surface area contributed by atoms with Gasteiger partial charge in [-0.15, -0.1) is 0 Å². The lowest BCUT2D eigenvalue weighted by atomic mass is 10.1. The van der Waals surface area contributed by atoms with Crippen molar-refractivity contribution in [2.45, 2.75) is 35.4 Å². The van der Waals surface area contributed by atoms with Crippen molar-refractivity contribution in [2.24, 2.45) is 5.73 Å². The lowest BCUT2D eigenvalue weighted by Crippen LogP contribution is -2.29. The van der Waals surface area contributed by atoms with Crippen molar-refractivity contribution in [1.82, 2.24) is 0 Å². The van der Waals surface area contributed by atoms with Crippen LogP contribution in [0.2, 0.25) is 0 Å². The van der Waals surface area contributed by atoms with Crippen molar-refractivity contribution >= 4 is 9.84 Å². The van der Waals surface area contributed by atoms with Crippen LogP contribution < -0.4 is 5.73 Å². The molecule has 3 atom stereocenters. The number of benzene rings is 2. The summed E-state index contributed by atoms with van der Waals surface area (Å²) in [5.74, 6) is -0.501. The minimum atomic E-state index is -3.66. The Bertz CT molecular complexity index is 880. The standard InChI is InChI=1S/C18H18N2O2S/c1-12-3-7-14(8-4-12)16-17(18(16,20)11-19)23(21,22)15-9-5-13(2)6-10-15/h3-10,16-17H,20H2,1-2H3/t16-,17+,18+/m1/s1. The van der Waals surface area contributed by atoms with Gasteiger partial charge in [-0.1, -0.05) is 47.5 Å². The van der Waals surface area contributed by atoms with Crippen molar-refractivity contribution in [3.63, 3.8) is 0 Å². The van der Waals surface area contributed by atoms with Crippen LogP contribution in [0.25, 0.3) is 0 Å². The predicted molar refractivity (Wildman–Crippen MR) is 88.6 cm³/mol. The fraction of sp³-hybridized carbons (Fsp3) is 0.278. The zero-order chi connectivity index (χ0) is 16.8. The van der Waals surface area contributed by atoms with Crippen molar-refractivity contribution in [1.29, 1.82) is 5.26 Å². The van der Waals surface area contributed by atoms with Crippen LogP contribution >= 0.6 is 0 Å². The largest absolute Gasteiger partial charge is 0.312 e. The maximum atomic E-state index is 12.9. The van der Waals surface area contributed by atoms with Gasteiger partial charge in [0.25, 0.3) is 0 Å². The van der Waals surface area contributed by atoms with E-state index in [1.807, 2.05) is 44.2 Å². The van der Waals surface area contributed by atoms with Gasteiger partial charge in [-0.05, 0) is 31.5 Å². The van der Waals surface area contributed by atoms with Gasteiger partial charge < -0.3 is 5.73 Å². The summed E-state index contributed by atoms with van der Waals surface area (Å²) in [6, 6.07) is 16.2. The Balaban J connectivity index is 2.03. The molecule has 4 nitrogen and oxygen atoms in total. The summed E-state index contributed by atoms with van der Waals surface area (Å²) in [5.41, 5.74) is 7.59. The first-order valence-corrected chi connectivity index (χ1v) is 8.92. The van der Waals surface area contributed by atoms with E-state index in [1.54, 1.807) is 24.3 Å². The average molecular weight is 326 g/mol. The third kappa shape index (κ3) is 2.44. The Hall–Kier alpha value is -2.16. The number of aryl methyl sites for hydroxylation is 2. The van der Waals surface area contributed by atoms with Gasteiger partial charge in [0.1, 0.15) is 10.8 Å². The first kappa shape index (κ1) is 15.7. The summed E-state index contributed by atoms with van der Waals surface area (Å²) < 4.78 is 25.8. The summed E-state index contributed by atoms with van der Waals surface area (Å²) in [6.45, 7) is 3.85. The summed E-state index contributed by atoms with van der Waals surface area (Å²) in [6.07, 6.45) is 0. The van der Waals surface area contributed by atoms with E-state index in [9.17, 15) is 13.7 Å². The number of nitrogens with two attached hydrogens (primary N) is 1. The minimum Gasteiger partial charge on any atom is -0.312 e. The van der Waals surface area contributed by atoms with Gasteiger partial charge >= 0.3 is 0 Å². The fourth-order valence-corrected chi connectivity index (χ4v) is 5.23. The summed E-state index contributed by atoms with van der Waals surface area (Å²) >= 11 is 0. The molecule has 1 aliphatic rings. The van der Waals surface area contributed by atoms with E-state index in [2.05, 4.69) is 0 Å². The molecule has 23 heavy (non-hydrogen) atoms. The average Bonchev–Trinajstić information content (AvgIpc) is 3.16. The third-order valence-corrected chi connectivity index (χ3v) is 6.75. The molecule has 118 valence electrons. The van der Waals surface area contributed by atoms with Crippen molar-refractivity contribution in [2.75, 3.05) is 0 Å². The molecule has 1 fully saturated rings. The topological polar surface area (TPSA) is 83.9 Å². The van der Waals surface area contributed by atoms with Gasteiger partial charge in [0.15, 0.2) is 9.84 Å². The van der Waals surface area contributed by atoms with E-state index in [-0.39, 0.29) is 4.90 Å². The molecule has 0 spiro atoms. The second kappa shape index (κ2) is 5.19. The monoisotopic (exact) mass is 326 g/mol. The number of hydrogen-bond acceptors (Lipinski definition) is 4. The molecule has 2 N–H and O–H groups in total. The zero-order valence-corrected chi connectivity index (χ0v) is 13.8. The van der Waals surface area contributed by atoms with Gasteiger partial charge in [-0.2, -0.15) is 5.26 Å². The zero-order valence-electron chi connectivity index (χ0n) is 13.0. The normalized spacial score (nSPS) is 26.5. The Morgan fingerprint density at radius 1 is 1.00 bits per heavy atom. The Kier molecular flexibility index (Phi) is 3.55. The van der Waals surface area contributed by atoms with Gasteiger partial charge in [0.05, 0.1) is 11.0 Å². The van der Waals surface area contributed by atoms with Crippen LogP contribution in [0.1, 0.15) is 22.6 Å². The molecule has 0 heterocycles. The lowest BCUT2D eigenvalue weighted by Gasteiger charge is -2.05. The molecule has 0 saturated heterocycles. The van der Waals surface area contributed by atoms with Crippen LogP contribution in [-0.4, -0.2) is 19.2 Å². The molecule has 0 aromatic heterocycles. The maximum absolute atomic E-state index is 12.9. The minimum absolute atomic E-state index is 0.216. The first-order chi connectivity index (χ1) is 10.8. The summed E-state index contributed by atoms with van der Waals surface area (Å²) in [5, 5.41) is 8.53. The molecule has 3 rings (SSSR count). The van der Waals surface area contributed by atoms with Crippen LogP contribution in [0, 0.1) is 25.2 Å². The van der Waals surface area contributed by atoms with Crippen LogP contribution in [0.3, 0.4) is 0 Å². The lowest BCUT2D eigenvalue weighted by molar-refractivity contribution is 0.592. The molecular formula is C18H18N2O2S. The molecule has 1 aliphatic carbocycles. The number of rotatable bonds is 3. The highest BCUT2D eigenvalue weighted by molar-refractivity contribution is 7.92. The van der Waals surface area contributed by atoms with E-state index in [1.165, 1.54) is 0 Å². The molecule has 2 aromatic carbocycles. The smallest absolute Gasteiger partial charge is 0.184 e. The molecule has 0 radical (unpaired) electrons. The van der Waals surface area contributed by atoms with E-state index < -0.39 is 26.5 Å². The predicted octanol–water partition coefficient (Wildman–Crippen LogP) is 2.46. The Labute approximate surface area is 136 Å². The fourth-order valence-electron chi connectivity index (χ4n) is 3.04. The van der Waals surface area contributed by atoms with E-state index in [0.29, 0.717) is 0 Å². The quantitative estimate of drug-likeness (QED) is 0.939. The SMILES string of the molecule is Cc1ccc([C@@H]2[C@H](S(=O)(=O)c3ccc(C)cc3)[C@]2(N)C#N)cc1. The number of nitrogens with zero attached hydrogens (tertiary/aromatic N) is 1. The van der Waals surface area contributed by atoms with Crippen LogP contribution in [-0.2, 0) is 9.84 Å². The van der Waals surface area contributed by atoms with E-state index in [4.69, 9.17) is 5.73 Å². The van der Waals surface area contributed by atoms with E-state index >= 15 is 0 Å². The summed E-state index contributed by atoms with van der Waals surface area (Å²) in [4.78, 5) is 0.216. The van der Waals surface area contributed by atoms with Crippen molar-refractivity contribution in [3.05, 3.63) is 65.2 Å². The Morgan fingerprint density at radius 3 is 1.96 bits per heavy atom.